The van der Waals surface area contributed by atoms with Gasteiger partial charge in [0.25, 0.3) is 0 Å². The van der Waals surface area contributed by atoms with Gasteiger partial charge in [-0.3, -0.25) is 0 Å². The van der Waals surface area contributed by atoms with Crippen LogP contribution in [0.15, 0.2) is 223 Å². The monoisotopic (exact) mass is 1070 g/mol. The van der Waals surface area contributed by atoms with Crippen molar-refractivity contribution in [3.63, 3.8) is 0 Å². The van der Waals surface area contributed by atoms with Crippen molar-refractivity contribution in [3.05, 3.63) is 240 Å². The van der Waals surface area contributed by atoms with Crippen molar-refractivity contribution in [2.24, 2.45) is 0 Å². The number of halogens is 1. The van der Waals surface area contributed by atoms with Crippen molar-refractivity contribution in [1.29, 1.82) is 0 Å². The van der Waals surface area contributed by atoms with Gasteiger partial charge in [-0.15, -0.1) is 0 Å². The lowest BCUT2D eigenvalue weighted by Gasteiger charge is -2.28. The van der Waals surface area contributed by atoms with Crippen molar-refractivity contribution < 1.29 is 0 Å². The van der Waals surface area contributed by atoms with Crippen molar-refractivity contribution >= 4 is 82.3 Å². The first-order valence-electron chi connectivity index (χ1n) is 28.7. The minimum atomic E-state index is 0.707. The molecule has 0 spiro atoms. The van der Waals surface area contributed by atoms with Gasteiger partial charge in [0.05, 0.1) is 22.1 Å². The van der Waals surface area contributed by atoms with E-state index in [9.17, 15) is 0 Å². The summed E-state index contributed by atoms with van der Waals surface area (Å²) in [6.45, 7) is 0. The van der Waals surface area contributed by atoms with Crippen LogP contribution in [0.2, 0.25) is 0 Å². The van der Waals surface area contributed by atoms with Gasteiger partial charge in [-0.1, -0.05) is 195 Å². The van der Waals surface area contributed by atoms with Gasteiger partial charge in [0.2, 0.25) is 0 Å². The third-order valence-electron chi connectivity index (χ3n) is 17.0. The average molecular weight is 1070 g/mol. The topological polar surface area (TPSA) is 39.1 Å². The lowest BCUT2D eigenvalue weighted by Crippen LogP contribution is -2.11. The Kier molecular flexibility index (Phi) is 15.4. The first kappa shape index (κ1) is 50.5. The molecule has 3 saturated carbocycles. The van der Waals surface area contributed by atoms with Crippen LogP contribution in [0.4, 0.5) is 22.7 Å². The first-order chi connectivity index (χ1) is 38.0. The maximum atomic E-state index is 5.98. The van der Waals surface area contributed by atoms with Crippen molar-refractivity contribution in [2.75, 3.05) is 10.6 Å². The highest BCUT2D eigenvalue weighted by atomic mass is 79.9. The molecule has 3 fully saturated rings. The zero-order valence-electron chi connectivity index (χ0n) is 44.4. The molecule has 0 atom stereocenters. The number of rotatable bonds is 8. The molecule has 2 heterocycles. The molecule has 2 N–H and O–H groups in total. The smallest absolute Gasteiger partial charge is 0.0561 e. The Bertz CT molecular complexity index is 3630. The van der Waals surface area contributed by atoms with E-state index in [4.69, 9.17) is 5.73 Å². The third-order valence-corrected chi connectivity index (χ3v) is 17.6. The summed E-state index contributed by atoms with van der Waals surface area (Å²) >= 11 is 3.47. The number of nitrogens with two attached hydrogens (primary N) is 1. The second-order valence-corrected chi connectivity index (χ2v) is 22.8. The summed E-state index contributed by atoms with van der Waals surface area (Å²) in [6.07, 6.45) is 20.6. The maximum Gasteiger partial charge on any atom is 0.0561 e. The molecule has 0 amide bonds. The van der Waals surface area contributed by atoms with E-state index in [1.165, 1.54) is 178 Å². The van der Waals surface area contributed by atoms with Crippen LogP contribution in [0.5, 0.6) is 0 Å². The predicted octanol–water partition coefficient (Wildman–Crippen LogP) is 21.2. The maximum absolute atomic E-state index is 5.98. The molecule has 0 saturated heterocycles. The summed E-state index contributed by atoms with van der Waals surface area (Å²) in [5, 5.41) is 5.07. The number of para-hydroxylation sites is 4. The van der Waals surface area contributed by atoms with E-state index >= 15 is 0 Å². The van der Waals surface area contributed by atoms with E-state index < -0.39 is 0 Å². The lowest BCUT2D eigenvalue weighted by atomic mass is 9.84. The molecular formula is C72H71BrN4. The molecule has 2 aromatic heterocycles. The Hall–Kier alpha value is -7.34. The fourth-order valence-electron chi connectivity index (χ4n) is 13.1. The molecule has 14 rings (SSSR count). The second-order valence-electron chi connectivity index (χ2n) is 21.9. The number of fused-ring (bicyclic) bond motifs is 6. The van der Waals surface area contributed by atoms with Crippen LogP contribution in [0, 0.1) is 0 Å². The molecule has 3 aliphatic rings. The quantitative estimate of drug-likeness (QED) is 0.154. The Labute approximate surface area is 464 Å². The number of aromatic nitrogens is 2. The molecule has 5 heteroatoms. The fraction of sp³-hybridized carbons (Fsp3) is 0.250. The Balaban J connectivity index is 0.000000147. The number of nitrogens with zero attached hydrogens (tertiary/aromatic N) is 3. The summed E-state index contributed by atoms with van der Waals surface area (Å²) < 4.78 is 5.87. The predicted molar refractivity (Wildman–Crippen MR) is 332 cm³/mol. The van der Waals surface area contributed by atoms with Crippen LogP contribution >= 0.6 is 15.9 Å². The zero-order valence-corrected chi connectivity index (χ0v) is 46.0. The van der Waals surface area contributed by atoms with E-state index in [-0.39, 0.29) is 0 Å². The van der Waals surface area contributed by atoms with Gasteiger partial charge < -0.3 is 19.8 Å². The molecule has 0 aliphatic heterocycles. The van der Waals surface area contributed by atoms with Crippen LogP contribution in [0.3, 0.4) is 0 Å². The van der Waals surface area contributed by atoms with Crippen molar-refractivity contribution in [3.8, 4) is 11.4 Å². The van der Waals surface area contributed by atoms with E-state index in [0.29, 0.717) is 11.8 Å². The molecule has 9 aromatic carbocycles. The van der Waals surface area contributed by atoms with Gasteiger partial charge >= 0.3 is 0 Å². The van der Waals surface area contributed by atoms with Crippen LogP contribution in [-0.2, 0) is 0 Å². The van der Waals surface area contributed by atoms with E-state index in [1.54, 1.807) is 0 Å². The fourth-order valence-corrected chi connectivity index (χ4v) is 13.3. The third kappa shape index (κ3) is 11.0. The van der Waals surface area contributed by atoms with Crippen molar-refractivity contribution in [1.82, 2.24) is 9.13 Å². The van der Waals surface area contributed by atoms with Gasteiger partial charge in [0.1, 0.15) is 0 Å². The molecule has 77 heavy (non-hydrogen) atoms. The number of hydrogen-bond acceptors (Lipinski definition) is 2. The summed E-state index contributed by atoms with van der Waals surface area (Å²) in [6, 6.07) is 79.4. The lowest BCUT2D eigenvalue weighted by molar-refractivity contribution is 0.443. The molecule has 386 valence electrons. The van der Waals surface area contributed by atoms with Gasteiger partial charge in [0, 0.05) is 60.1 Å². The molecule has 11 aromatic rings. The van der Waals surface area contributed by atoms with Crippen LogP contribution in [0.25, 0.3) is 55.0 Å². The normalized spacial score (nSPS) is 15.5. The minimum Gasteiger partial charge on any atom is -0.399 e. The van der Waals surface area contributed by atoms with Gasteiger partial charge in [-0.2, -0.15) is 0 Å². The SMILES string of the molecule is Brc1ccc(C2CCCCC2)cc1.Nc1ccc2c3ccccc3n(-c3ccccc3)c2c1.c1ccc(-n2c3ccccc3c3ccc(N(c4ccc(C5CCCCC5)cc4)c4ccc(C5CCCCC5)cc4)cc32)cc1. The van der Waals surface area contributed by atoms with Gasteiger partial charge in [-0.25, -0.2) is 0 Å². The molecular weight excluding hydrogens is 1000 g/mol. The molecule has 0 unspecified atom stereocenters. The summed E-state index contributed by atoms with van der Waals surface area (Å²) in [5.74, 6) is 2.25. The second kappa shape index (κ2) is 23.5. The van der Waals surface area contributed by atoms with E-state index in [2.05, 4.69) is 230 Å². The molecule has 4 nitrogen and oxygen atoms in total. The van der Waals surface area contributed by atoms with Gasteiger partial charge in [0.15, 0.2) is 0 Å². The minimum absolute atomic E-state index is 0.707. The summed E-state index contributed by atoms with van der Waals surface area (Å²) in [7, 11) is 0. The highest BCUT2D eigenvalue weighted by Crippen LogP contribution is 2.43. The Morgan fingerprint density at radius 3 is 1.12 bits per heavy atom. The zero-order chi connectivity index (χ0) is 51.9. The summed E-state index contributed by atoms with van der Waals surface area (Å²) in [4.78, 5) is 2.46. The van der Waals surface area contributed by atoms with E-state index in [0.717, 1.165) is 22.8 Å². The highest BCUT2D eigenvalue weighted by Gasteiger charge is 2.22. The number of benzene rings is 9. The number of nitrogen functional groups attached to an aromatic ring is 1. The number of anilines is 4. The average Bonchev–Trinajstić information content (AvgIpc) is 4.08. The van der Waals surface area contributed by atoms with Crippen LogP contribution in [0.1, 0.15) is 131 Å². The van der Waals surface area contributed by atoms with Crippen molar-refractivity contribution in [2.45, 2.75) is 114 Å². The summed E-state index contributed by atoms with van der Waals surface area (Å²) in [5.41, 5.74) is 22.1. The Morgan fingerprint density at radius 1 is 0.325 bits per heavy atom. The molecule has 0 bridgehead atoms. The largest absolute Gasteiger partial charge is 0.399 e. The van der Waals surface area contributed by atoms with Crippen LogP contribution < -0.4 is 10.6 Å². The van der Waals surface area contributed by atoms with Crippen LogP contribution in [-0.4, -0.2) is 9.13 Å². The number of hydrogen-bond donors (Lipinski definition) is 1. The Morgan fingerprint density at radius 2 is 0.675 bits per heavy atom. The van der Waals surface area contributed by atoms with E-state index in [1.807, 2.05) is 18.2 Å². The van der Waals surface area contributed by atoms with Gasteiger partial charge in [-0.05, 0) is 170 Å². The molecule has 0 radical (unpaired) electrons. The first-order valence-corrected chi connectivity index (χ1v) is 29.5. The standard InChI is InChI=1S/C42H42N2.C18H14N2.C12H15Br/c1-4-12-31(13-5-1)33-20-24-36(25-21-33)43(37-26-22-34(23-27-37)32-14-6-2-7-15-32)38-28-29-40-39-18-10-11-19-41(39)44(42(40)30-38)35-16-8-3-9-17-35;19-13-10-11-16-15-8-4-5-9-17(15)20(18(16)12-13)14-6-2-1-3-7-14;13-12-8-6-11(7-9-12)10-4-2-1-3-5-10/h3,8-11,16-32H,1-2,4-7,12-15H2;1-12H,19H2;6-10H,1-5H2. The highest BCUT2D eigenvalue weighted by molar-refractivity contribution is 9.10. The molecule has 3 aliphatic carbocycles.